The van der Waals surface area contributed by atoms with E-state index < -0.39 is 65.0 Å². The van der Waals surface area contributed by atoms with Crippen molar-refractivity contribution < 1.29 is 53.1 Å². The molecule has 0 aromatic heterocycles. The summed E-state index contributed by atoms with van der Waals surface area (Å²) in [5, 5.41) is 25.7. The fraction of sp³-hybridized carbons (Fsp3) is 0.657. The molecule has 2 aliphatic heterocycles. The monoisotopic (exact) mass is 674 g/mol. The number of nitrogens with zero attached hydrogens (tertiary/aromatic N) is 1. The summed E-state index contributed by atoms with van der Waals surface area (Å²) < 4.78 is 27.8. The van der Waals surface area contributed by atoms with Crippen LogP contribution < -0.4 is 10.1 Å². The number of likely N-dealkylation sites (tertiary alicyclic amines) is 1. The van der Waals surface area contributed by atoms with Gasteiger partial charge in [0, 0.05) is 18.0 Å². The van der Waals surface area contributed by atoms with Gasteiger partial charge in [-0.15, -0.1) is 0 Å². The van der Waals surface area contributed by atoms with Crippen LogP contribution in [0.1, 0.15) is 85.8 Å². The molecule has 13 heteroatoms. The molecule has 7 atom stereocenters. The topological polar surface area (TPSA) is 170 Å². The molecule has 1 aromatic rings. The van der Waals surface area contributed by atoms with Gasteiger partial charge in [0.15, 0.2) is 29.8 Å². The van der Waals surface area contributed by atoms with E-state index in [1.807, 2.05) is 34.7 Å². The molecular weight excluding hydrogens is 624 g/mol. The predicted molar refractivity (Wildman–Crippen MR) is 173 cm³/mol. The number of hydrogen-bond donors (Lipinski definition) is 3. The Hall–Kier alpha value is -3.84. The number of amides is 1. The van der Waals surface area contributed by atoms with E-state index in [0.717, 1.165) is 5.56 Å². The number of aryl methyl sites for hydroxylation is 1. The molecule has 1 saturated heterocycles. The minimum absolute atomic E-state index is 0.0486. The molecule has 48 heavy (non-hydrogen) atoms. The molecule has 4 rings (SSSR count). The third-order valence-electron chi connectivity index (χ3n) is 9.51. The van der Waals surface area contributed by atoms with Gasteiger partial charge in [0.05, 0.1) is 11.0 Å². The minimum atomic E-state index is -1.38. The number of carbonyl (C=O) groups is 4. The Labute approximate surface area is 281 Å². The fourth-order valence-corrected chi connectivity index (χ4v) is 6.96. The molecule has 1 aromatic carbocycles. The molecule has 0 saturated carbocycles. The molecule has 1 fully saturated rings. The van der Waals surface area contributed by atoms with Crippen molar-refractivity contribution in [3.63, 3.8) is 0 Å². The van der Waals surface area contributed by atoms with Crippen molar-refractivity contribution in [1.29, 1.82) is 0 Å². The van der Waals surface area contributed by atoms with Crippen LogP contribution in [0.5, 0.6) is 11.5 Å². The zero-order valence-corrected chi connectivity index (χ0v) is 29.5. The number of hydrogen-bond acceptors (Lipinski definition) is 12. The average Bonchev–Trinajstić information content (AvgIpc) is 3.34. The number of benzene rings is 1. The van der Waals surface area contributed by atoms with E-state index in [-0.39, 0.29) is 42.1 Å². The van der Waals surface area contributed by atoms with Gasteiger partial charge < -0.3 is 44.1 Å². The number of aromatic hydroxyl groups is 1. The highest BCUT2D eigenvalue weighted by molar-refractivity contribution is 5.89. The number of carbonyl (C=O) groups excluding carboxylic acids is 4. The largest absolute Gasteiger partial charge is 0.509 e. The molecular formula is C35H50N2O11. The number of rotatable bonds is 9. The number of phenols is 1. The molecule has 1 spiro atoms. The number of phenolic OH excluding ortho intramolecular Hbond substituents is 1. The summed E-state index contributed by atoms with van der Waals surface area (Å²) in [5.74, 6) is -2.22. The maximum Gasteiger partial charge on any atom is 0.509 e. The molecule has 0 radical (unpaired) electrons. The standard InChI is InChI=1S/C35H50N2O11/c1-18(2)17-23(36-29(39)20(4)45-32(42)48-33(7,8)9)31(41)44-21(5)30(40)46-25-13-14-35(43)22(6)37(10)16-15-34(35)26-19(3)11-12-24(38)27(26)47-28(25)34/h11-13,18,20-23,28,38,43H,14-17H2,1-10H3,(H,36,39)/t20-,21-,22+,23-,28-,34-,35+/m0/s1. The second-order valence-corrected chi connectivity index (χ2v) is 14.6. The summed E-state index contributed by atoms with van der Waals surface area (Å²) in [4.78, 5) is 53.7. The van der Waals surface area contributed by atoms with E-state index in [4.69, 9.17) is 23.7 Å². The summed E-state index contributed by atoms with van der Waals surface area (Å²) >= 11 is 0. The predicted octanol–water partition coefficient (Wildman–Crippen LogP) is 3.79. The molecule has 13 nitrogen and oxygen atoms in total. The molecule has 0 bridgehead atoms. The van der Waals surface area contributed by atoms with Crippen LogP contribution in [-0.4, -0.2) is 94.3 Å². The summed E-state index contributed by atoms with van der Waals surface area (Å²) in [6, 6.07) is 1.88. The Morgan fingerprint density at radius 2 is 1.75 bits per heavy atom. The zero-order valence-electron chi connectivity index (χ0n) is 29.5. The normalized spacial score (nSPS) is 26.8. The molecule has 1 amide bonds. The lowest BCUT2D eigenvalue weighted by Gasteiger charge is -2.58. The Morgan fingerprint density at radius 3 is 2.38 bits per heavy atom. The highest BCUT2D eigenvalue weighted by Crippen LogP contribution is 2.62. The first-order chi connectivity index (χ1) is 22.2. The van der Waals surface area contributed by atoms with Gasteiger partial charge in [-0.2, -0.15) is 0 Å². The molecule has 3 N–H and O–H groups in total. The second-order valence-electron chi connectivity index (χ2n) is 14.6. The maximum absolute atomic E-state index is 13.4. The van der Waals surface area contributed by atoms with Crippen molar-refractivity contribution in [2.45, 2.75) is 129 Å². The number of likely N-dealkylation sites (N-methyl/N-ethyl adjacent to an activating group) is 1. The first-order valence-electron chi connectivity index (χ1n) is 16.5. The van der Waals surface area contributed by atoms with Crippen LogP contribution in [0.2, 0.25) is 0 Å². The molecule has 0 unspecified atom stereocenters. The lowest BCUT2D eigenvalue weighted by Crippen LogP contribution is -2.71. The summed E-state index contributed by atoms with van der Waals surface area (Å²) in [6.07, 6.45) is -2.19. The molecule has 2 heterocycles. The molecule has 266 valence electrons. The van der Waals surface area contributed by atoms with Crippen LogP contribution in [0.3, 0.4) is 0 Å². The van der Waals surface area contributed by atoms with Crippen molar-refractivity contribution in [2.75, 3.05) is 13.6 Å². The quantitative estimate of drug-likeness (QED) is 0.256. The number of ether oxygens (including phenoxy) is 5. The van der Waals surface area contributed by atoms with E-state index in [2.05, 4.69) is 10.2 Å². The highest BCUT2D eigenvalue weighted by atomic mass is 16.7. The summed E-state index contributed by atoms with van der Waals surface area (Å²) in [5.41, 5.74) is -1.63. The van der Waals surface area contributed by atoms with Gasteiger partial charge in [-0.1, -0.05) is 19.9 Å². The number of aliphatic hydroxyl groups is 1. The molecule has 1 aliphatic carbocycles. The first kappa shape index (κ1) is 37.0. The Kier molecular flexibility index (Phi) is 10.5. The summed E-state index contributed by atoms with van der Waals surface area (Å²) in [7, 11) is 1.94. The fourth-order valence-electron chi connectivity index (χ4n) is 6.96. The van der Waals surface area contributed by atoms with Gasteiger partial charge in [-0.05, 0) is 98.5 Å². The SMILES string of the molecule is Cc1ccc(O)c2c1[C@]13CCN(C)[C@H](C)[C@]1(O)CC=C(OC(=O)[C@H](C)OC(=O)[C@H](CC(C)C)NC(=O)[C@H](C)OC(=O)OC(C)(C)C)[C@@H]3O2. The van der Waals surface area contributed by atoms with Crippen molar-refractivity contribution in [3.05, 3.63) is 35.1 Å². The third-order valence-corrected chi connectivity index (χ3v) is 9.51. The van der Waals surface area contributed by atoms with Crippen molar-refractivity contribution in [3.8, 4) is 11.5 Å². The number of esters is 2. The smallest absolute Gasteiger partial charge is 0.504 e. The molecule has 3 aliphatic rings. The zero-order chi connectivity index (χ0) is 35.9. The van der Waals surface area contributed by atoms with Gasteiger partial charge in [-0.25, -0.2) is 14.4 Å². The van der Waals surface area contributed by atoms with E-state index in [1.54, 1.807) is 32.9 Å². The maximum atomic E-state index is 13.4. The minimum Gasteiger partial charge on any atom is -0.504 e. The van der Waals surface area contributed by atoms with Crippen LogP contribution in [0.25, 0.3) is 0 Å². The third kappa shape index (κ3) is 6.98. The van der Waals surface area contributed by atoms with Crippen LogP contribution in [0.15, 0.2) is 24.0 Å². The van der Waals surface area contributed by atoms with E-state index in [0.29, 0.717) is 18.5 Å². The Balaban J connectivity index is 1.50. The lowest BCUT2D eigenvalue weighted by atomic mass is 9.54. The average molecular weight is 675 g/mol. The Bertz CT molecular complexity index is 1470. The van der Waals surface area contributed by atoms with E-state index in [9.17, 15) is 29.4 Å². The van der Waals surface area contributed by atoms with Crippen molar-refractivity contribution >= 4 is 24.0 Å². The number of fused-ring (bicyclic) bond motifs is 1. The lowest BCUT2D eigenvalue weighted by molar-refractivity contribution is -0.173. The van der Waals surface area contributed by atoms with E-state index in [1.165, 1.54) is 19.9 Å². The van der Waals surface area contributed by atoms with Gasteiger partial charge in [0.25, 0.3) is 5.91 Å². The summed E-state index contributed by atoms with van der Waals surface area (Å²) in [6.45, 7) is 15.8. The van der Waals surface area contributed by atoms with Gasteiger partial charge in [0.1, 0.15) is 17.4 Å². The first-order valence-corrected chi connectivity index (χ1v) is 16.5. The highest BCUT2D eigenvalue weighted by Gasteiger charge is 2.69. The van der Waals surface area contributed by atoms with Crippen LogP contribution in [-0.2, 0) is 38.7 Å². The van der Waals surface area contributed by atoms with E-state index >= 15 is 0 Å². The number of nitrogens with one attached hydrogen (secondary N) is 1. The van der Waals surface area contributed by atoms with Gasteiger partial charge in [0.2, 0.25) is 0 Å². The Morgan fingerprint density at radius 1 is 1.08 bits per heavy atom. The van der Waals surface area contributed by atoms with Gasteiger partial charge in [-0.3, -0.25) is 4.79 Å². The number of piperidine rings is 1. The van der Waals surface area contributed by atoms with Crippen LogP contribution in [0.4, 0.5) is 4.79 Å². The van der Waals surface area contributed by atoms with Crippen LogP contribution in [0, 0.1) is 12.8 Å². The van der Waals surface area contributed by atoms with Gasteiger partial charge >= 0.3 is 18.1 Å². The second kappa shape index (κ2) is 13.6. The van der Waals surface area contributed by atoms with Crippen molar-refractivity contribution in [1.82, 2.24) is 10.2 Å². The van der Waals surface area contributed by atoms with Crippen molar-refractivity contribution in [2.24, 2.45) is 5.92 Å². The van der Waals surface area contributed by atoms with Crippen LogP contribution >= 0.6 is 0 Å².